The van der Waals surface area contributed by atoms with Gasteiger partial charge in [0.05, 0.1) is 0 Å². The molecule has 0 bridgehead atoms. The first-order valence-corrected chi connectivity index (χ1v) is 17.7. The number of phenolic OH excluding ortho intramolecular Hbond substituents is 7. The average Bonchev–Trinajstić information content (AvgIpc) is 3.17. The average molecular weight is 717 g/mol. The molecule has 0 fully saturated rings. The van der Waals surface area contributed by atoms with E-state index in [1.54, 1.807) is 78.9 Å². The van der Waals surface area contributed by atoms with E-state index < -0.39 is 0 Å². The van der Waals surface area contributed by atoms with E-state index in [0.29, 0.717) is 11.1 Å². The second-order valence-corrected chi connectivity index (χ2v) is 13.7. The van der Waals surface area contributed by atoms with Gasteiger partial charge in [0.15, 0.2) is 0 Å². The fourth-order valence-corrected chi connectivity index (χ4v) is 7.65. The monoisotopic (exact) mass is 716 g/mol. The maximum atomic E-state index is 11.6. The van der Waals surface area contributed by atoms with Crippen LogP contribution in [0.5, 0.6) is 40.2 Å². The van der Waals surface area contributed by atoms with Crippen molar-refractivity contribution >= 4 is 0 Å². The number of hydrogen-bond acceptors (Lipinski definition) is 7. The van der Waals surface area contributed by atoms with E-state index in [-0.39, 0.29) is 63.9 Å². The zero-order chi connectivity index (χ0) is 37.9. The number of phenols is 7. The highest BCUT2D eigenvalue weighted by molar-refractivity contribution is 5.76. The lowest BCUT2D eigenvalue weighted by Crippen LogP contribution is -2.15. The van der Waals surface area contributed by atoms with Gasteiger partial charge in [-0.05, 0) is 135 Å². The van der Waals surface area contributed by atoms with Crippen molar-refractivity contribution in [1.82, 2.24) is 0 Å². The number of rotatable bonds is 10. The summed E-state index contributed by atoms with van der Waals surface area (Å²) < 4.78 is 0. The van der Waals surface area contributed by atoms with Crippen molar-refractivity contribution in [3.8, 4) is 51.4 Å². The van der Waals surface area contributed by atoms with Gasteiger partial charge >= 0.3 is 0 Å². The maximum absolute atomic E-state index is 11.6. The quantitative estimate of drug-likeness (QED) is 0.0747. The largest absolute Gasteiger partial charge is 0.508 e. The summed E-state index contributed by atoms with van der Waals surface area (Å²) in [6.45, 7) is 2.08. The van der Waals surface area contributed by atoms with Gasteiger partial charge in [-0.2, -0.15) is 0 Å². The number of benzene rings is 7. The van der Waals surface area contributed by atoms with Gasteiger partial charge in [0, 0.05) is 23.3 Å². The van der Waals surface area contributed by atoms with Crippen molar-refractivity contribution in [3.05, 3.63) is 197 Å². The fourth-order valence-electron chi connectivity index (χ4n) is 7.65. The summed E-state index contributed by atoms with van der Waals surface area (Å²) in [5, 5.41) is 73.5. The first-order chi connectivity index (χ1) is 26.0. The van der Waals surface area contributed by atoms with Crippen LogP contribution in [0.25, 0.3) is 11.1 Å². The van der Waals surface area contributed by atoms with Gasteiger partial charge in [-0.15, -0.1) is 0 Å². The van der Waals surface area contributed by atoms with E-state index >= 15 is 0 Å². The van der Waals surface area contributed by atoms with Crippen molar-refractivity contribution in [2.75, 3.05) is 0 Å². The van der Waals surface area contributed by atoms with E-state index in [4.69, 9.17) is 0 Å². The van der Waals surface area contributed by atoms with E-state index in [2.05, 4.69) is 6.92 Å². The summed E-state index contributed by atoms with van der Waals surface area (Å²) in [7, 11) is 0. The first kappa shape index (κ1) is 35.5. The minimum atomic E-state index is -0.390. The van der Waals surface area contributed by atoms with Crippen LogP contribution >= 0.6 is 0 Å². The minimum absolute atomic E-state index is 0.0129. The van der Waals surface area contributed by atoms with Gasteiger partial charge in [0.2, 0.25) is 0 Å². The van der Waals surface area contributed by atoms with Crippen LogP contribution in [-0.4, -0.2) is 35.7 Å². The smallest absolute Gasteiger partial charge is 0.123 e. The second kappa shape index (κ2) is 15.0. The SMILES string of the molecule is CC(c1ccc(O)cc1-c1cc(C(c2ccc(O)cc2)C(c2ccc(O)cc2)c2ccc(O)cc2)ccc1O)C(c1ccc(O)cc1)c1ccc(O)cc1. The molecule has 7 rings (SSSR count). The normalized spacial score (nSPS) is 12.5. The predicted molar refractivity (Wildman–Crippen MR) is 210 cm³/mol. The zero-order valence-electron chi connectivity index (χ0n) is 29.5. The molecule has 7 heteroatoms. The molecule has 0 saturated carbocycles. The van der Waals surface area contributed by atoms with Crippen molar-refractivity contribution in [3.63, 3.8) is 0 Å². The highest BCUT2D eigenvalue weighted by atomic mass is 16.3. The predicted octanol–water partition coefficient (Wildman–Crippen LogP) is 10.2. The molecule has 270 valence electrons. The van der Waals surface area contributed by atoms with Gasteiger partial charge < -0.3 is 35.7 Å². The molecule has 2 unspecified atom stereocenters. The van der Waals surface area contributed by atoms with E-state index in [1.807, 2.05) is 78.9 Å². The Morgan fingerprint density at radius 3 is 1.00 bits per heavy atom. The highest BCUT2D eigenvalue weighted by Gasteiger charge is 2.31. The van der Waals surface area contributed by atoms with Crippen molar-refractivity contribution in [2.24, 2.45) is 0 Å². The zero-order valence-corrected chi connectivity index (χ0v) is 29.5. The lowest BCUT2D eigenvalue weighted by atomic mass is 9.72. The van der Waals surface area contributed by atoms with Crippen LogP contribution in [0, 0.1) is 0 Å². The molecule has 2 atom stereocenters. The molecule has 0 radical (unpaired) electrons. The van der Waals surface area contributed by atoms with Crippen LogP contribution in [0.1, 0.15) is 69.5 Å². The van der Waals surface area contributed by atoms with Crippen molar-refractivity contribution in [2.45, 2.75) is 30.6 Å². The van der Waals surface area contributed by atoms with Gasteiger partial charge in [-0.3, -0.25) is 0 Å². The molecular weight excluding hydrogens is 677 g/mol. The Kier molecular flexibility index (Phi) is 9.88. The molecule has 0 aliphatic carbocycles. The summed E-state index contributed by atoms with van der Waals surface area (Å²) in [6, 6.07) is 45.7. The Balaban J connectivity index is 1.42. The van der Waals surface area contributed by atoms with Crippen LogP contribution < -0.4 is 0 Å². The summed E-state index contributed by atoms with van der Waals surface area (Å²) >= 11 is 0. The molecule has 7 aromatic carbocycles. The Bertz CT molecular complexity index is 2260. The Hall–Kier alpha value is -6.86. The van der Waals surface area contributed by atoms with Crippen LogP contribution in [0.4, 0.5) is 0 Å². The maximum Gasteiger partial charge on any atom is 0.123 e. The molecule has 0 aliphatic rings. The molecule has 7 N–H and O–H groups in total. The Morgan fingerprint density at radius 2 is 0.611 bits per heavy atom. The standard InChI is InChI=1S/C47H40O7/c1-28(45(29-2-13-35(48)14-3-29)30-4-15-36(49)16-5-30)41-24-23-40(53)27-42(41)43-26-34(12-25-44(43)54)47(33-10-21-39(52)22-11-33)46(31-6-17-37(50)18-7-31)32-8-19-38(51)20-9-32/h2-28,45-54H,1H3. The molecule has 0 saturated heterocycles. The molecule has 7 nitrogen and oxygen atoms in total. The van der Waals surface area contributed by atoms with Gasteiger partial charge in [-0.1, -0.05) is 79.7 Å². The topological polar surface area (TPSA) is 142 Å². The molecule has 0 aromatic heterocycles. The third-order valence-corrected chi connectivity index (χ3v) is 10.3. The number of aromatic hydroxyl groups is 7. The third-order valence-electron chi connectivity index (χ3n) is 10.3. The van der Waals surface area contributed by atoms with Crippen LogP contribution in [-0.2, 0) is 0 Å². The summed E-state index contributed by atoms with van der Waals surface area (Å²) in [5.74, 6) is -0.512. The van der Waals surface area contributed by atoms with E-state index in [9.17, 15) is 35.7 Å². The molecule has 7 aromatic rings. The van der Waals surface area contributed by atoms with Crippen LogP contribution in [0.2, 0.25) is 0 Å². The van der Waals surface area contributed by atoms with Crippen LogP contribution in [0.15, 0.2) is 158 Å². The molecule has 54 heavy (non-hydrogen) atoms. The van der Waals surface area contributed by atoms with Crippen molar-refractivity contribution < 1.29 is 35.7 Å². The Labute approximate surface area is 313 Å². The molecule has 0 spiro atoms. The molecular formula is C47H40O7. The van der Waals surface area contributed by atoms with Crippen LogP contribution in [0.3, 0.4) is 0 Å². The number of hydrogen-bond donors (Lipinski definition) is 7. The summed E-state index contributed by atoms with van der Waals surface area (Å²) in [4.78, 5) is 0. The molecule has 0 amide bonds. The second-order valence-electron chi connectivity index (χ2n) is 13.7. The minimum Gasteiger partial charge on any atom is -0.508 e. The van der Waals surface area contributed by atoms with Gasteiger partial charge in [0.1, 0.15) is 40.2 Å². The lowest BCUT2D eigenvalue weighted by Gasteiger charge is -2.31. The first-order valence-electron chi connectivity index (χ1n) is 17.7. The van der Waals surface area contributed by atoms with E-state index in [0.717, 1.165) is 38.9 Å². The van der Waals surface area contributed by atoms with Gasteiger partial charge in [0.25, 0.3) is 0 Å². The fraction of sp³-hybridized carbons (Fsp3) is 0.106. The Morgan fingerprint density at radius 1 is 0.296 bits per heavy atom. The van der Waals surface area contributed by atoms with E-state index in [1.165, 1.54) is 0 Å². The van der Waals surface area contributed by atoms with Gasteiger partial charge in [-0.25, -0.2) is 0 Å². The third kappa shape index (κ3) is 7.38. The van der Waals surface area contributed by atoms with Crippen molar-refractivity contribution in [1.29, 1.82) is 0 Å². The summed E-state index contributed by atoms with van der Waals surface area (Å²) in [6.07, 6.45) is 0. The summed E-state index contributed by atoms with van der Waals surface area (Å²) in [5.41, 5.74) is 7.32. The lowest BCUT2D eigenvalue weighted by molar-refractivity contribution is 0.471. The highest BCUT2D eigenvalue weighted by Crippen LogP contribution is 2.48. The molecule has 0 heterocycles. The molecule has 0 aliphatic heterocycles.